The van der Waals surface area contributed by atoms with E-state index in [0.29, 0.717) is 6.54 Å². The number of aryl methyl sites for hydroxylation is 2. The van der Waals surface area contributed by atoms with Crippen LogP contribution in [0, 0.1) is 20.8 Å². The molecule has 2 aromatic carbocycles. The van der Waals surface area contributed by atoms with Gasteiger partial charge in [0.15, 0.2) is 5.82 Å². The molecule has 3 heterocycles. The molecular weight excluding hydrogens is 378 g/mol. The maximum absolute atomic E-state index is 4.96. The largest absolute Gasteiger partial charge is 0.356 e. The van der Waals surface area contributed by atoms with Crippen molar-refractivity contribution in [2.45, 2.75) is 27.3 Å². The second kappa shape index (κ2) is 6.97. The summed E-state index contributed by atoms with van der Waals surface area (Å²) in [6.07, 6.45) is 0. The Hall–Kier alpha value is -3.25. The Balaban J connectivity index is 1.55. The molecule has 0 aliphatic carbocycles. The van der Waals surface area contributed by atoms with Crippen LogP contribution in [0.15, 0.2) is 59.6 Å². The highest BCUT2D eigenvalue weighted by atomic mass is 32.1. The van der Waals surface area contributed by atoms with E-state index in [0.717, 1.165) is 34.3 Å². The number of thiophene rings is 1. The number of fused-ring (bicyclic) bond motifs is 3. The quantitative estimate of drug-likeness (QED) is 0.505. The molecule has 1 aliphatic rings. The molecule has 4 aromatic rings. The Morgan fingerprint density at radius 1 is 0.897 bits per heavy atom. The van der Waals surface area contributed by atoms with Gasteiger partial charge in [0.25, 0.3) is 0 Å². The molecule has 0 radical (unpaired) electrons. The number of anilines is 2. The van der Waals surface area contributed by atoms with Crippen LogP contribution in [0.3, 0.4) is 0 Å². The Morgan fingerprint density at radius 3 is 2.38 bits per heavy atom. The molecule has 1 N–H and O–H groups in total. The van der Waals surface area contributed by atoms with E-state index in [1.54, 1.807) is 11.3 Å². The zero-order valence-corrected chi connectivity index (χ0v) is 17.4. The van der Waals surface area contributed by atoms with Crippen LogP contribution in [0.1, 0.15) is 33.2 Å². The van der Waals surface area contributed by atoms with Gasteiger partial charge in [0, 0.05) is 27.4 Å². The van der Waals surface area contributed by atoms with Gasteiger partial charge in [-0.25, -0.2) is 0 Å². The van der Waals surface area contributed by atoms with Gasteiger partial charge < -0.3 is 5.32 Å². The third-order valence-electron chi connectivity index (χ3n) is 5.30. The zero-order valence-electron chi connectivity index (χ0n) is 16.6. The standard InChI is InChI=1S/C23H21N5S/c1-14-15(2)29-23-21(14)22(24-13-20-27-26-16(3)28(20)23)17-9-11-19(12-10-17)25-18-7-5-4-6-8-18/h4-12,25H,13H2,1-3H3. The van der Waals surface area contributed by atoms with Crippen molar-refractivity contribution in [1.82, 2.24) is 14.8 Å². The monoisotopic (exact) mass is 399 g/mol. The lowest BCUT2D eigenvalue weighted by Crippen LogP contribution is -2.07. The average molecular weight is 400 g/mol. The summed E-state index contributed by atoms with van der Waals surface area (Å²) >= 11 is 1.78. The Kier molecular flexibility index (Phi) is 4.28. The summed E-state index contributed by atoms with van der Waals surface area (Å²) in [7, 11) is 0. The molecule has 0 amide bonds. The fraction of sp³-hybridized carbons (Fsp3) is 0.174. The van der Waals surface area contributed by atoms with E-state index in [1.807, 2.05) is 25.1 Å². The van der Waals surface area contributed by atoms with Crippen LogP contribution in [0.4, 0.5) is 11.4 Å². The first-order valence-corrected chi connectivity index (χ1v) is 10.4. The molecule has 0 bridgehead atoms. The minimum absolute atomic E-state index is 0.528. The predicted octanol–water partition coefficient (Wildman–Crippen LogP) is 5.35. The van der Waals surface area contributed by atoms with Crippen LogP contribution < -0.4 is 5.32 Å². The minimum Gasteiger partial charge on any atom is -0.356 e. The zero-order chi connectivity index (χ0) is 20.0. The van der Waals surface area contributed by atoms with E-state index < -0.39 is 0 Å². The Morgan fingerprint density at radius 2 is 1.62 bits per heavy atom. The summed E-state index contributed by atoms with van der Waals surface area (Å²) in [5.41, 5.74) is 6.74. The number of aromatic nitrogens is 3. The van der Waals surface area contributed by atoms with Crippen LogP contribution in [0.2, 0.25) is 0 Å². The van der Waals surface area contributed by atoms with Gasteiger partial charge >= 0.3 is 0 Å². The summed E-state index contributed by atoms with van der Waals surface area (Å²) in [6.45, 7) is 6.87. The lowest BCUT2D eigenvalue weighted by molar-refractivity contribution is 0.869. The number of rotatable bonds is 3. The van der Waals surface area contributed by atoms with Crippen molar-refractivity contribution in [3.05, 3.63) is 87.8 Å². The van der Waals surface area contributed by atoms with Crippen molar-refractivity contribution < 1.29 is 0 Å². The highest BCUT2D eigenvalue weighted by Gasteiger charge is 2.26. The number of hydrogen-bond donors (Lipinski definition) is 1. The van der Waals surface area contributed by atoms with E-state index in [9.17, 15) is 0 Å². The fourth-order valence-electron chi connectivity index (χ4n) is 3.68. The summed E-state index contributed by atoms with van der Waals surface area (Å²) in [4.78, 5) is 6.25. The molecule has 5 nitrogen and oxygen atoms in total. The summed E-state index contributed by atoms with van der Waals surface area (Å²) in [5.74, 6) is 1.80. The molecule has 144 valence electrons. The normalized spacial score (nSPS) is 12.7. The van der Waals surface area contributed by atoms with Gasteiger partial charge in [-0.3, -0.25) is 9.56 Å². The Labute approximate surface area is 173 Å². The van der Waals surface area contributed by atoms with Crippen LogP contribution in [-0.2, 0) is 6.54 Å². The number of hydrogen-bond acceptors (Lipinski definition) is 5. The smallest absolute Gasteiger partial charge is 0.160 e. The van der Waals surface area contributed by atoms with Crippen molar-refractivity contribution in [2.75, 3.05) is 5.32 Å². The van der Waals surface area contributed by atoms with Crippen molar-refractivity contribution >= 4 is 28.4 Å². The van der Waals surface area contributed by atoms with Crippen LogP contribution in [0.5, 0.6) is 0 Å². The highest BCUT2D eigenvalue weighted by Crippen LogP contribution is 2.36. The fourth-order valence-corrected chi connectivity index (χ4v) is 4.91. The summed E-state index contributed by atoms with van der Waals surface area (Å²) in [6, 6.07) is 18.7. The molecule has 0 saturated carbocycles. The van der Waals surface area contributed by atoms with Crippen molar-refractivity contribution in [2.24, 2.45) is 4.99 Å². The molecule has 5 rings (SSSR count). The third-order valence-corrected chi connectivity index (χ3v) is 6.49. The topological polar surface area (TPSA) is 55.1 Å². The highest BCUT2D eigenvalue weighted by molar-refractivity contribution is 7.15. The molecule has 29 heavy (non-hydrogen) atoms. The first-order valence-electron chi connectivity index (χ1n) is 9.60. The molecule has 0 spiro atoms. The summed E-state index contributed by atoms with van der Waals surface area (Å²) < 4.78 is 2.15. The predicted molar refractivity (Wildman–Crippen MR) is 119 cm³/mol. The molecule has 0 fully saturated rings. The SMILES string of the molecule is Cc1sc2c(c1C)C(c1ccc(Nc3ccccc3)cc1)=NCc1nnc(C)n1-2. The second-order valence-corrected chi connectivity index (χ2v) is 8.40. The molecular formula is C23H21N5S. The first-order chi connectivity index (χ1) is 14.1. The lowest BCUT2D eigenvalue weighted by Gasteiger charge is -2.11. The average Bonchev–Trinajstić information content (AvgIpc) is 3.18. The van der Waals surface area contributed by atoms with E-state index in [4.69, 9.17) is 4.99 Å². The third kappa shape index (κ3) is 3.06. The van der Waals surface area contributed by atoms with Gasteiger partial charge in [0.05, 0.1) is 5.71 Å². The van der Waals surface area contributed by atoms with Crippen LogP contribution >= 0.6 is 11.3 Å². The van der Waals surface area contributed by atoms with Gasteiger partial charge in [0.2, 0.25) is 0 Å². The lowest BCUT2D eigenvalue weighted by atomic mass is 9.99. The van der Waals surface area contributed by atoms with Gasteiger partial charge in [-0.05, 0) is 50.6 Å². The number of benzene rings is 2. The molecule has 0 saturated heterocycles. The number of nitrogens with one attached hydrogen (secondary N) is 1. The molecule has 0 unspecified atom stereocenters. The van der Waals surface area contributed by atoms with Gasteiger partial charge in [-0.15, -0.1) is 21.5 Å². The van der Waals surface area contributed by atoms with Crippen LogP contribution in [0.25, 0.3) is 5.00 Å². The molecule has 1 aliphatic heterocycles. The van der Waals surface area contributed by atoms with Gasteiger partial charge in [-0.2, -0.15) is 0 Å². The van der Waals surface area contributed by atoms with E-state index in [2.05, 4.69) is 70.3 Å². The molecule has 0 atom stereocenters. The van der Waals surface area contributed by atoms with E-state index >= 15 is 0 Å². The molecule has 6 heteroatoms. The van der Waals surface area contributed by atoms with Crippen LogP contribution in [-0.4, -0.2) is 20.5 Å². The van der Waals surface area contributed by atoms with Gasteiger partial charge in [0.1, 0.15) is 17.4 Å². The summed E-state index contributed by atoms with van der Waals surface area (Å²) in [5, 5.41) is 13.2. The Bertz CT molecular complexity index is 1220. The number of para-hydroxylation sites is 1. The second-order valence-electron chi connectivity index (χ2n) is 7.20. The van der Waals surface area contributed by atoms with Crippen molar-refractivity contribution in [3.8, 4) is 5.00 Å². The van der Waals surface area contributed by atoms with Gasteiger partial charge in [-0.1, -0.05) is 30.3 Å². The van der Waals surface area contributed by atoms with E-state index in [1.165, 1.54) is 21.0 Å². The number of nitrogens with zero attached hydrogens (tertiary/aromatic N) is 4. The number of aliphatic imine (C=N–C) groups is 1. The van der Waals surface area contributed by atoms with E-state index in [-0.39, 0.29) is 0 Å². The van der Waals surface area contributed by atoms with Crippen molar-refractivity contribution in [3.63, 3.8) is 0 Å². The first kappa shape index (κ1) is 17.8. The van der Waals surface area contributed by atoms with Crippen molar-refractivity contribution in [1.29, 1.82) is 0 Å². The maximum atomic E-state index is 4.96. The minimum atomic E-state index is 0.528. The maximum Gasteiger partial charge on any atom is 0.160 e. The molecule has 2 aromatic heterocycles.